The van der Waals surface area contributed by atoms with Crippen LogP contribution >= 0.6 is 0 Å². The molecule has 0 aliphatic carbocycles. The van der Waals surface area contributed by atoms with E-state index in [2.05, 4.69) is 9.88 Å². The first kappa shape index (κ1) is 19.5. The molecule has 1 aromatic carbocycles. The highest BCUT2D eigenvalue weighted by Gasteiger charge is 2.18. The Labute approximate surface area is 168 Å². The van der Waals surface area contributed by atoms with E-state index in [0.717, 1.165) is 43.8 Å². The fraction of sp³-hybridized carbons (Fsp3) is 0.381. The van der Waals surface area contributed by atoms with Gasteiger partial charge in [-0.1, -0.05) is 0 Å². The summed E-state index contributed by atoms with van der Waals surface area (Å²) in [5.74, 6) is -0.740. The van der Waals surface area contributed by atoms with Gasteiger partial charge >= 0.3 is 5.97 Å². The van der Waals surface area contributed by atoms with Crippen molar-refractivity contribution < 1.29 is 18.7 Å². The number of rotatable bonds is 6. The molecule has 4 rings (SSSR count). The molecule has 3 heterocycles. The van der Waals surface area contributed by atoms with Crippen molar-refractivity contribution in [3.63, 3.8) is 0 Å². The fourth-order valence-corrected chi connectivity index (χ4v) is 3.64. The quantitative estimate of drug-likeness (QED) is 0.594. The number of morpholine rings is 1. The standard InChI is InChI=1S/C21H23FN4O3/c1-28-21(27)17-4-5-23-14-15(17)12-19-18-13-16(22)2-3-20(18)26(24-19)7-6-25-8-10-29-11-9-25/h2-5,13-14H,6-12H2,1H3. The molecule has 7 nitrogen and oxygen atoms in total. The number of carbonyl (C=O) groups excluding carboxylic acids is 1. The number of aromatic nitrogens is 3. The second-order valence-electron chi connectivity index (χ2n) is 6.99. The predicted octanol–water partition coefficient (Wildman–Crippen LogP) is 2.28. The van der Waals surface area contributed by atoms with Gasteiger partial charge < -0.3 is 9.47 Å². The normalized spacial score (nSPS) is 15.0. The summed E-state index contributed by atoms with van der Waals surface area (Å²) in [5, 5.41) is 5.49. The van der Waals surface area contributed by atoms with E-state index in [9.17, 15) is 9.18 Å². The van der Waals surface area contributed by atoms with E-state index in [-0.39, 0.29) is 5.82 Å². The molecule has 2 aromatic heterocycles. The average Bonchev–Trinajstić information content (AvgIpc) is 3.09. The summed E-state index contributed by atoms with van der Waals surface area (Å²) in [7, 11) is 1.34. The van der Waals surface area contributed by atoms with Crippen LogP contribution < -0.4 is 0 Å². The zero-order valence-electron chi connectivity index (χ0n) is 16.3. The topological polar surface area (TPSA) is 69.5 Å². The maximum absolute atomic E-state index is 14.0. The Hall–Kier alpha value is -2.84. The van der Waals surface area contributed by atoms with Crippen LogP contribution in [0.4, 0.5) is 4.39 Å². The Balaban J connectivity index is 1.64. The number of benzene rings is 1. The lowest BCUT2D eigenvalue weighted by molar-refractivity contribution is 0.0361. The first-order valence-electron chi connectivity index (χ1n) is 9.62. The minimum atomic E-state index is -0.426. The van der Waals surface area contributed by atoms with Gasteiger partial charge in [0.1, 0.15) is 5.82 Å². The molecule has 0 spiro atoms. The molecular weight excluding hydrogens is 375 g/mol. The highest BCUT2D eigenvalue weighted by atomic mass is 19.1. The summed E-state index contributed by atoms with van der Waals surface area (Å²) in [6.45, 7) is 4.83. The average molecular weight is 398 g/mol. The molecule has 0 unspecified atom stereocenters. The Morgan fingerprint density at radius 1 is 1.24 bits per heavy atom. The lowest BCUT2D eigenvalue weighted by Crippen LogP contribution is -2.38. The molecule has 0 amide bonds. The highest BCUT2D eigenvalue weighted by Crippen LogP contribution is 2.24. The Morgan fingerprint density at radius 3 is 2.86 bits per heavy atom. The molecule has 8 heteroatoms. The number of methoxy groups -OCH3 is 1. The van der Waals surface area contributed by atoms with Crippen molar-refractivity contribution in [3.05, 3.63) is 59.3 Å². The van der Waals surface area contributed by atoms with Gasteiger partial charge in [-0.15, -0.1) is 0 Å². The second-order valence-corrected chi connectivity index (χ2v) is 6.99. The van der Waals surface area contributed by atoms with Gasteiger partial charge in [-0.2, -0.15) is 5.10 Å². The van der Waals surface area contributed by atoms with Crippen molar-refractivity contribution >= 4 is 16.9 Å². The van der Waals surface area contributed by atoms with Crippen LogP contribution in [-0.2, 0) is 22.4 Å². The van der Waals surface area contributed by atoms with Gasteiger partial charge in [-0.3, -0.25) is 14.6 Å². The largest absolute Gasteiger partial charge is 0.465 e. The van der Waals surface area contributed by atoms with Gasteiger partial charge in [0.15, 0.2) is 0 Å². The zero-order valence-corrected chi connectivity index (χ0v) is 16.3. The van der Waals surface area contributed by atoms with Gasteiger partial charge in [0.05, 0.1) is 43.6 Å². The zero-order chi connectivity index (χ0) is 20.2. The van der Waals surface area contributed by atoms with Crippen molar-refractivity contribution in [2.24, 2.45) is 0 Å². The summed E-state index contributed by atoms with van der Waals surface area (Å²) in [5.41, 5.74) is 2.72. The van der Waals surface area contributed by atoms with Gasteiger partial charge in [0, 0.05) is 43.8 Å². The molecule has 0 bridgehead atoms. The van der Waals surface area contributed by atoms with Gasteiger partial charge in [-0.05, 0) is 29.8 Å². The van der Waals surface area contributed by atoms with Gasteiger partial charge in [-0.25, -0.2) is 9.18 Å². The van der Waals surface area contributed by atoms with Crippen molar-refractivity contribution in [2.75, 3.05) is 40.0 Å². The summed E-state index contributed by atoms with van der Waals surface area (Å²) < 4.78 is 26.1. The van der Waals surface area contributed by atoms with E-state index < -0.39 is 5.97 Å². The van der Waals surface area contributed by atoms with Gasteiger partial charge in [0.2, 0.25) is 0 Å². The van der Waals surface area contributed by atoms with Crippen LogP contribution in [0.5, 0.6) is 0 Å². The molecule has 0 N–H and O–H groups in total. The SMILES string of the molecule is COC(=O)c1ccncc1Cc1nn(CCN2CCOCC2)c2ccc(F)cc12. The Kier molecular flexibility index (Phi) is 5.82. The summed E-state index contributed by atoms with van der Waals surface area (Å²) in [6.07, 6.45) is 3.54. The molecular formula is C21H23FN4O3. The maximum Gasteiger partial charge on any atom is 0.338 e. The third kappa shape index (κ3) is 4.28. The number of fused-ring (bicyclic) bond motifs is 1. The molecule has 29 heavy (non-hydrogen) atoms. The number of ether oxygens (including phenoxy) is 2. The van der Waals surface area contributed by atoms with Crippen molar-refractivity contribution in [1.29, 1.82) is 0 Å². The maximum atomic E-state index is 14.0. The molecule has 1 fully saturated rings. The number of pyridine rings is 1. The van der Waals surface area contributed by atoms with Crippen molar-refractivity contribution in [3.8, 4) is 0 Å². The fourth-order valence-electron chi connectivity index (χ4n) is 3.64. The summed E-state index contributed by atoms with van der Waals surface area (Å²) in [6, 6.07) is 6.32. The van der Waals surface area contributed by atoms with E-state index in [1.807, 2.05) is 4.68 Å². The molecule has 0 saturated carbocycles. The lowest BCUT2D eigenvalue weighted by atomic mass is 10.0. The van der Waals surface area contributed by atoms with E-state index in [1.165, 1.54) is 19.2 Å². The van der Waals surface area contributed by atoms with Crippen LogP contribution in [0, 0.1) is 5.82 Å². The predicted molar refractivity (Wildman–Crippen MR) is 105 cm³/mol. The molecule has 3 aromatic rings. The van der Waals surface area contributed by atoms with Crippen LogP contribution in [-0.4, -0.2) is 65.6 Å². The van der Waals surface area contributed by atoms with Crippen LogP contribution in [0.25, 0.3) is 10.9 Å². The van der Waals surface area contributed by atoms with Crippen LogP contribution in [0.15, 0.2) is 36.7 Å². The molecule has 1 aliphatic rings. The number of carbonyl (C=O) groups is 1. The highest BCUT2D eigenvalue weighted by molar-refractivity contribution is 5.91. The van der Waals surface area contributed by atoms with E-state index >= 15 is 0 Å². The number of hydrogen-bond acceptors (Lipinski definition) is 6. The molecule has 1 saturated heterocycles. The number of esters is 1. The third-order valence-corrected chi connectivity index (χ3v) is 5.19. The lowest BCUT2D eigenvalue weighted by Gasteiger charge is -2.26. The third-order valence-electron chi connectivity index (χ3n) is 5.19. The summed E-state index contributed by atoms with van der Waals surface area (Å²) >= 11 is 0. The Morgan fingerprint density at radius 2 is 2.07 bits per heavy atom. The molecule has 0 radical (unpaired) electrons. The van der Waals surface area contributed by atoms with Crippen LogP contribution in [0.1, 0.15) is 21.6 Å². The molecule has 0 atom stereocenters. The van der Waals surface area contributed by atoms with Crippen molar-refractivity contribution in [1.82, 2.24) is 19.7 Å². The molecule has 1 aliphatic heterocycles. The second kappa shape index (κ2) is 8.67. The van der Waals surface area contributed by atoms with E-state index in [1.54, 1.807) is 24.5 Å². The minimum Gasteiger partial charge on any atom is -0.465 e. The number of hydrogen-bond donors (Lipinski definition) is 0. The van der Waals surface area contributed by atoms with E-state index in [0.29, 0.717) is 29.8 Å². The molecule has 152 valence electrons. The summed E-state index contributed by atoms with van der Waals surface area (Å²) in [4.78, 5) is 18.5. The van der Waals surface area contributed by atoms with E-state index in [4.69, 9.17) is 14.6 Å². The van der Waals surface area contributed by atoms with Crippen LogP contribution in [0.3, 0.4) is 0 Å². The smallest absolute Gasteiger partial charge is 0.338 e. The first-order valence-corrected chi connectivity index (χ1v) is 9.62. The minimum absolute atomic E-state index is 0.314. The van der Waals surface area contributed by atoms with Crippen LogP contribution in [0.2, 0.25) is 0 Å². The number of halogens is 1. The monoisotopic (exact) mass is 398 g/mol. The number of nitrogens with zero attached hydrogens (tertiary/aromatic N) is 4. The van der Waals surface area contributed by atoms with Gasteiger partial charge in [0.25, 0.3) is 0 Å². The first-order chi connectivity index (χ1) is 14.2. The Bertz CT molecular complexity index is 1010. The van der Waals surface area contributed by atoms with Crippen molar-refractivity contribution in [2.45, 2.75) is 13.0 Å².